The second kappa shape index (κ2) is 4.50. The second-order valence-corrected chi connectivity index (χ2v) is 3.92. The van der Waals surface area contributed by atoms with Crippen LogP contribution in [0.15, 0.2) is 10.8 Å². The topological polar surface area (TPSA) is 63.1 Å². The molecule has 0 aliphatic rings. The zero-order valence-corrected chi connectivity index (χ0v) is 9.58. The van der Waals surface area contributed by atoms with Crippen molar-refractivity contribution >= 4 is 21.9 Å². The Morgan fingerprint density at radius 1 is 1.71 bits per heavy atom. The highest BCUT2D eigenvalue weighted by Crippen LogP contribution is 2.18. The molecule has 0 saturated heterocycles. The van der Waals surface area contributed by atoms with E-state index in [1.807, 2.05) is 13.8 Å². The van der Waals surface area contributed by atoms with E-state index in [9.17, 15) is 4.79 Å². The van der Waals surface area contributed by atoms with E-state index in [2.05, 4.69) is 25.9 Å². The minimum atomic E-state index is -0.820. The number of carbonyl (C=O) groups is 1. The van der Waals surface area contributed by atoms with Crippen molar-refractivity contribution in [1.29, 1.82) is 0 Å². The molecule has 0 bridgehead atoms. The first-order valence-electron chi connectivity index (χ1n) is 4.21. The maximum Gasteiger partial charge on any atom is 0.304 e. The molecule has 1 heterocycles. The highest BCUT2D eigenvalue weighted by molar-refractivity contribution is 9.10. The van der Waals surface area contributed by atoms with Gasteiger partial charge in [0.2, 0.25) is 0 Å². The quantitative estimate of drug-likeness (QED) is 0.903. The van der Waals surface area contributed by atoms with E-state index in [0.717, 1.165) is 5.69 Å². The summed E-state index contributed by atoms with van der Waals surface area (Å²) in [4.78, 5) is 18.8. The van der Waals surface area contributed by atoms with Crippen molar-refractivity contribution in [2.24, 2.45) is 0 Å². The Balaban J connectivity index is 2.85. The Bertz CT molecular complexity index is 355. The molecule has 0 aromatic carbocycles. The number of nitrogens with zero attached hydrogens (tertiary/aromatic N) is 2. The van der Waals surface area contributed by atoms with Crippen LogP contribution >= 0.6 is 15.9 Å². The first-order chi connectivity index (χ1) is 6.50. The van der Waals surface area contributed by atoms with Gasteiger partial charge in [-0.05, 0) is 22.9 Å². The number of hydrogen-bond donors (Lipinski definition) is 1. The van der Waals surface area contributed by atoms with Crippen LogP contribution in [-0.2, 0) is 4.79 Å². The highest BCUT2D eigenvalue weighted by atomic mass is 79.9. The summed E-state index contributed by atoms with van der Waals surface area (Å²) in [5.41, 5.74) is 1.49. The lowest BCUT2D eigenvalue weighted by Crippen LogP contribution is -2.06. The summed E-state index contributed by atoms with van der Waals surface area (Å²) >= 11 is 3.24. The zero-order chi connectivity index (χ0) is 10.7. The molecule has 1 N–H and O–H groups in total. The summed E-state index contributed by atoms with van der Waals surface area (Å²) in [6.07, 6.45) is 1.68. The van der Waals surface area contributed by atoms with Crippen molar-refractivity contribution in [3.05, 3.63) is 22.2 Å². The van der Waals surface area contributed by atoms with Gasteiger partial charge in [0.25, 0.3) is 0 Å². The van der Waals surface area contributed by atoms with Crippen molar-refractivity contribution in [2.45, 2.75) is 26.2 Å². The predicted molar refractivity (Wildman–Crippen MR) is 55.1 cm³/mol. The third-order valence-corrected chi connectivity index (χ3v) is 2.67. The van der Waals surface area contributed by atoms with Gasteiger partial charge in [0.1, 0.15) is 4.60 Å². The largest absolute Gasteiger partial charge is 0.481 e. The number of aryl methyl sites for hydroxylation is 1. The maximum atomic E-state index is 10.5. The number of rotatable bonds is 3. The van der Waals surface area contributed by atoms with Gasteiger partial charge < -0.3 is 5.11 Å². The molecule has 1 atom stereocenters. The molecule has 1 unspecified atom stereocenters. The van der Waals surface area contributed by atoms with Crippen LogP contribution in [0.4, 0.5) is 0 Å². The predicted octanol–water partition coefficient (Wildman–Crippen LogP) is 2.13. The molecule has 0 spiro atoms. The van der Waals surface area contributed by atoms with Crippen LogP contribution in [0, 0.1) is 6.92 Å². The van der Waals surface area contributed by atoms with E-state index in [1.165, 1.54) is 0 Å². The molecule has 0 amide bonds. The lowest BCUT2D eigenvalue weighted by molar-refractivity contribution is -0.137. The molecule has 14 heavy (non-hydrogen) atoms. The Kier molecular flexibility index (Phi) is 3.57. The third kappa shape index (κ3) is 2.77. The van der Waals surface area contributed by atoms with Crippen LogP contribution < -0.4 is 0 Å². The summed E-state index contributed by atoms with van der Waals surface area (Å²) in [5.74, 6) is -0.924. The number of hydrogen-bond acceptors (Lipinski definition) is 3. The molecule has 0 radical (unpaired) electrons. The zero-order valence-electron chi connectivity index (χ0n) is 7.99. The lowest BCUT2D eigenvalue weighted by atomic mass is 10.0. The summed E-state index contributed by atoms with van der Waals surface area (Å²) in [7, 11) is 0. The highest BCUT2D eigenvalue weighted by Gasteiger charge is 2.12. The Morgan fingerprint density at radius 3 is 2.86 bits per heavy atom. The molecule has 4 nitrogen and oxygen atoms in total. The molecule has 0 aliphatic heterocycles. The van der Waals surface area contributed by atoms with E-state index in [1.54, 1.807) is 6.20 Å². The molecule has 76 valence electrons. The fraction of sp³-hybridized carbons (Fsp3) is 0.444. The summed E-state index contributed by atoms with van der Waals surface area (Å²) in [6.45, 7) is 3.65. The van der Waals surface area contributed by atoms with E-state index >= 15 is 0 Å². The molecule has 1 rings (SSSR count). The Morgan fingerprint density at radius 2 is 2.36 bits per heavy atom. The summed E-state index contributed by atoms with van der Waals surface area (Å²) < 4.78 is 0.698. The minimum absolute atomic E-state index is 0.0791. The lowest BCUT2D eigenvalue weighted by Gasteiger charge is -2.08. The van der Waals surface area contributed by atoms with Crippen LogP contribution in [0.3, 0.4) is 0 Å². The van der Waals surface area contributed by atoms with E-state index in [-0.39, 0.29) is 12.3 Å². The molecule has 0 aliphatic carbocycles. The van der Waals surface area contributed by atoms with Crippen LogP contribution in [0.1, 0.15) is 30.7 Å². The van der Waals surface area contributed by atoms with Crippen molar-refractivity contribution in [3.63, 3.8) is 0 Å². The average molecular weight is 259 g/mol. The van der Waals surface area contributed by atoms with Gasteiger partial charge in [0.05, 0.1) is 24.0 Å². The first-order valence-corrected chi connectivity index (χ1v) is 5.01. The molecule has 1 aromatic rings. The SMILES string of the molecule is Cc1nc(C(C)CC(=O)O)cnc1Br. The fourth-order valence-corrected chi connectivity index (χ4v) is 1.28. The number of halogens is 1. The van der Waals surface area contributed by atoms with Gasteiger partial charge in [0.15, 0.2) is 0 Å². The van der Waals surface area contributed by atoms with Gasteiger partial charge in [-0.25, -0.2) is 4.98 Å². The third-order valence-electron chi connectivity index (χ3n) is 1.89. The monoisotopic (exact) mass is 258 g/mol. The van der Waals surface area contributed by atoms with Gasteiger partial charge >= 0.3 is 5.97 Å². The molecule has 0 fully saturated rings. The molecule has 0 saturated carbocycles. The fourth-order valence-electron chi connectivity index (χ4n) is 1.09. The van der Waals surface area contributed by atoms with Gasteiger partial charge in [-0.1, -0.05) is 6.92 Å². The van der Waals surface area contributed by atoms with Gasteiger partial charge in [0, 0.05) is 5.92 Å². The van der Waals surface area contributed by atoms with Crippen LogP contribution in [0.2, 0.25) is 0 Å². The van der Waals surface area contributed by atoms with Gasteiger partial charge in [-0.2, -0.15) is 0 Å². The number of aliphatic carboxylic acids is 1. The van der Waals surface area contributed by atoms with E-state index in [0.29, 0.717) is 10.3 Å². The van der Waals surface area contributed by atoms with E-state index < -0.39 is 5.97 Å². The molecule has 1 aromatic heterocycles. The maximum absolute atomic E-state index is 10.5. The van der Waals surface area contributed by atoms with E-state index in [4.69, 9.17) is 5.11 Å². The Labute approximate surface area is 90.5 Å². The second-order valence-electron chi connectivity index (χ2n) is 3.17. The standard InChI is InChI=1S/C9H11BrN2O2/c1-5(3-8(13)14)7-4-11-9(10)6(2)12-7/h4-5H,3H2,1-2H3,(H,13,14). The van der Waals surface area contributed by atoms with Crippen LogP contribution in [-0.4, -0.2) is 21.0 Å². The average Bonchev–Trinajstić information content (AvgIpc) is 2.08. The van der Waals surface area contributed by atoms with Crippen LogP contribution in [0.25, 0.3) is 0 Å². The van der Waals surface area contributed by atoms with Crippen molar-refractivity contribution < 1.29 is 9.90 Å². The number of aromatic nitrogens is 2. The van der Waals surface area contributed by atoms with Crippen molar-refractivity contribution in [1.82, 2.24) is 9.97 Å². The smallest absolute Gasteiger partial charge is 0.304 e. The normalized spacial score (nSPS) is 12.5. The molecular weight excluding hydrogens is 248 g/mol. The van der Waals surface area contributed by atoms with Gasteiger partial charge in [-0.3, -0.25) is 9.78 Å². The first kappa shape index (κ1) is 11.1. The Hall–Kier alpha value is -0.970. The molecular formula is C9H11BrN2O2. The molecule has 5 heteroatoms. The van der Waals surface area contributed by atoms with Crippen molar-refractivity contribution in [3.8, 4) is 0 Å². The van der Waals surface area contributed by atoms with Gasteiger partial charge in [-0.15, -0.1) is 0 Å². The summed E-state index contributed by atoms with van der Waals surface area (Å²) in [5, 5.41) is 8.61. The minimum Gasteiger partial charge on any atom is -0.481 e. The number of carboxylic acid groups (broad SMARTS) is 1. The summed E-state index contributed by atoms with van der Waals surface area (Å²) in [6, 6.07) is 0. The van der Waals surface area contributed by atoms with Crippen LogP contribution in [0.5, 0.6) is 0 Å². The number of carboxylic acids is 1. The van der Waals surface area contributed by atoms with Crippen molar-refractivity contribution in [2.75, 3.05) is 0 Å².